The molecule has 0 atom stereocenters. The normalized spacial score (nSPS) is 16.4. The topological polar surface area (TPSA) is 225 Å². The Morgan fingerprint density at radius 2 is 1.22 bits per heavy atom. The van der Waals surface area contributed by atoms with E-state index in [1.165, 1.54) is 17.5 Å². The van der Waals surface area contributed by atoms with Gasteiger partial charge in [-0.1, -0.05) is 54.6 Å². The van der Waals surface area contributed by atoms with E-state index in [1.54, 1.807) is 47.6 Å². The minimum atomic E-state index is -0.394. The Morgan fingerprint density at radius 3 is 1.88 bits per heavy atom. The van der Waals surface area contributed by atoms with Gasteiger partial charge in [0, 0.05) is 97.7 Å². The highest BCUT2D eigenvalue weighted by molar-refractivity contribution is 9.10. The van der Waals surface area contributed by atoms with Gasteiger partial charge in [0.15, 0.2) is 0 Å². The van der Waals surface area contributed by atoms with Crippen molar-refractivity contribution in [1.82, 2.24) is 39.7 Å². The first-order valence-electron chi connectivity index (χ1n) is 25.7. The first-order valence-corrected chi connectivity index (χ1v) is 26.5. The molecule has 21 heteroatoms. The summed E-state index contributed by atoms with van der Waals surface area (Å²) >= 11 is 3.18. The molecule has 4 aliphatic rings. The third-order valence-corrected chi connectivity index (χ3v) is 14.8. The van der Waals surface area contributed by atoms with Gasteiger partial charge < -0.3 is 39.2 Å². The van der Waals surface area contributed by atoms with E-state index in [0.29, 0.717) is 46.5 Å². The number of nitrogens with zero attached hydrogens (tertiary/aromatic N) is 10. The molecule has 20 nitrogen and oxygen atoms in total. The first kappa shape index (κ1) is 51.0. The van der Waals surface area contributed by atoms with Crippen LogP contribution >= 0.6 is 15.9 Å². The fraction of sp³-hybridized carbons (Fsp3) is 0.304. The number of benzene rings is 3. The molecule has 6 aromatic heterocycles. The number of H-pyrrole nitrogens is 1. The summed E-state index contributed by atoms with van der Waals surface area (Å²) < 4.78 is 20.4. The number of hydrogen-bond acceptors (Lipinski definition) is 15. The van der Waals surface area contributed by atoms with Crippen LogP contribution in [0.4, 0.5) is 27.8 Å². The maximum atomic E-state index is 12.5. The third-order valence-electron chi connectivity index (χ3n) is 14.4. The summed E-state index contributed by atoms with van der Waals surface area (Å²) in [6.45, 7) is 7.17. The number of likely N-dealkylation sites (tertiary alicyclic amines) is 1. The minimum Gasteiger partial charge on any atom is -0.445 e. The van der Waals surface area contributed by atoms with Crippen molar-refractivity contribution in [2.75, 3.05) is 62.2 Å². The molecule has 2 N–H and O–H groups in total. The Morgan fingerprint density at radius 1 is 0.623 bits per heavy atom. The molecule has 394 valence electrons. The zero-order valence-electron chi connectivity index (χ0n) is 41.9. The molecule has 10 heterocycles. The number of fused-ring (bicyclic) bond motifs is 4. The standard InChI is InChI=1S/C32H30N6O5.C15H20N4O.C9H5BrN2O2/c39-32(42-21-22-5-2-1-3-6-22)35-12-10-25(11-13-35)43-26-19-36(20-26)30-15-23-9-14-37(29(23)18-34-30)31-16-27-24(17-33-31)7-4-8-28(27)38(40)41;1-6-17-14-8-18-15(7-11(1)14)19-9-13(10-19)20-12-2-4-16-5-3-12;10-9-4-7-6(5-11-9)2-1-3-8(7)12(13)14/h1-9,14-18,25-26H,10-13,19-21H2;1,6-8,12-13,16-17H,2-5,9-10H2;1-5H. The van der Waals surface area contributed by atoms with Gasteiger partial charge in [-0.25, -0.2) is 24.7 Å². The summed E-state index contributed by atoms with van der Waals surface area (Å²) in [6, 6.07) is 31.3. The molecule has 0 radical (unpaired) electrons. The molecule has 0 saturated carbocycles. The third kappa shape index (κ3) is 11.8. The number of non-ortho nitro benzene ring substituents is 2. The number of nitrogens with one attached hydrogen (secondary N) is 2. The van der Waals surface area contributed by atoms with Crippen molar-refractivity contribution in [1.29, 1.82) is 0 Å². The van der Waals surface area contributed by atoms with Gasteiger partial charge >= 0.3 is 6.09 Å². The van der Waals surface area contributed by atoms with Crippen molar-refractivity contribution in [2.24, 2.45) is 0 Å². The first-order chi connectivity index (χ1) is 37.6. The number of nitro groups is 2. The molecule has 0 bridgehead atoms. The number of carbonyl (C=O) groups is 1. The molecule has 77 heavy (non-hydrogen) atoms. The molecule has 0 spiro atoms. The molecule has 9 aromatic rings. The van der Waals surface area contributed by atoms with E-state index in [4.69, 9.17) is 19.2 Å². The van der Waals surface area contributed by atoms with Crippen molar-refractivity contribution in [3.63, 3.8) is 0 Å². The van der Waals surface area contributed by atoms with Crippen molar-refractivity contribution in [3.05, 3.63) is 171 Å². The van der Waals surface area contributed by atoms with Crippen LogP contribution in [0.1, 0.15) is 31.2 Å². The van der Waals surface area contributed by atoms with Gasteiger partial charge in [-0.05, 0) is 96.7 Å². The van der Waals surface area contributed by atoms with Gasteiger partial charge in [-0.2, -0.15) is 0 Å². The Labute approximate surface area is 450 Å². The second-order valence-corrected chi connectivity index (χ2v) is 20.3. The lowest BCUT2D eigenvalue weighted by molar-refractivity contribution is -0.383. The smallest absolute Gasteiger partial charge is 0.410 e. The lowest BCUT2D eigenvalue weighted by Crippen LogP contribution is -2.54. The number of pyridine rings is 4. The number of anilines is 2. The number of halogens is 1. The maximum Gasteiger partial charge on any atom is 0.410 e. The molecule has 1 amide bonds. The van der Waals surface area contributed by atoms with Crippen molar-refractivity contribution >= 4 is 88.4 Å². The highest BCUT2D eigenvalue weighted by atomic mass is 79.9. The van der Waals surface area contributed by atoms with Gasteiger partial charge in [0.25, 0.3) is 11.4 Å². The van der Waals surface area contributed by atoms with Gasteiger partial charge in [0.2, 0.25) is 0 Å². The summed E-state index contributed by atoms with van der Waals surface area (Å²) in [6.07, 6.45) is 15.5. The fourth-order valence-electron chi connectivity index (χ4n) is 10.1. The van der Waals surface area contributed by atoms with E-state index in [1.807, 2.05) is 77.9 Å². The van der Waals surface area contributed by atoms with Gasteiger partial charge in [0.1, 0.15) is 28.7 Å². The molecule has 0 unspecified atom stereocenters. The van der Waals surface area contributed by atoms with Crippen molar-refractivity contribution in [3.8, 4) is 5.82 Å². The monoisotopic (exact) mass is 1100 g/mol. The van der Waals surface area contributed by atoms with Gasteiger partial charge in [-0.15, -0.1) is 0 Å². The summed E-state index contributed by atoms with van der Waals surface area (Å²) in [5.74, 6) is 2.53. The lowest BCUT2D eigenvalue weighted by Gasteiger charge is -2.42. The van der Waals surface area contributed by atoms with E-state index in [2.05, 4.69) is 63.1 Å². The number of hydrogen-bond donors (Lipinski definition) is 2. The Balaban J connectivity index is 0.000000151. The molecule has 4 saturated heterocycles. The summed E-state index contributed by atoms with van der Waals surface area (Å²) in [7, 11) is 0. The van der Waals surface area contributed by atoms with E-state index in [9.17, 15) is 25.0 Å². The molecule has 0 aliphatic carbocycles. The number of ether oxygens (including phenoxy) is 3. The van der Waals surface area contributed by atoms with E-state index in [0.717, 1.165) is 109 Å². The summed E-state index contributed by atoms with van der Waals surface area (Å²) in [4.78, 5) is 61.1. The summed E-state index contributed by atoms with van der Waals surface area (Å²) in [5.41, 5.74) is 3.10. The van der Waals surface area contributed by atoms with E-state index < -0.39 is 4.92 Å². The second-order valence-electron chi connectivity index (χ2n) is 19.5. The SMILES string of the molecule is O=C(OCc1ccccc1)N1CCC(OC2CN(c3cc4ccn(-c5cc6c([N+](=O)[O-])cccc6cn5)c4cn3)C2)CC1.O=[N+]([O-])c1cccc2cnc(Br)cc12.c1cc2cc(N3CC(OC4CCNCC4)C3)ncc2[nH]1. The average molecular weight is 1100 g/mol. The van der Waals surface area contributed by atoms with Gasteiger partial charge in [-0.3, -0.25) is 24.8 Å². The number of piperidine rings is 2. The van der Waals surface area contributed by atoms with Crippen LogP contribution in [0.5, 0.6) is 0 Å². The molecular weight excluding hydrogens is 1050 g/mol. The largest absolute Gasteiger partial charge is 0.445 e. The Hall–Kier alpha value is -8.11. The maximum absolute atomic E-state index is 12.5. The van der Waals surface area contributed by atoms with Crippen LogP contribution in [0.25, 0.3) is 49.2 Å². The zero-order valence-corrected chi connectivity index (χ0v) is 43.5. The number of amides is 1. The highest BCUT2D eigenvalue weighted by Crippen LogP contribution is 2.32. The molecule has 3 aromatic carbocycles. The van der Waals surface area contributed by atoms with Crippen LogP contribution in [0.2, 0.25) is 0 Å². The van der Waals surface area contributed by atoms with E-state index in [-0.39, 0.29) is 41.2 Å². The van der Waals surface area contributed by atoms with Crippen LogP contribution < -0.4 is 15.1 Å². The minimum absolute atomic E-state index is 0.0551. The predicted octanol–water partition coefficient (Wildman–Crippen LogP) is 9.91. The van der Waals surface area contributed by atoms with E-state index >= 15 is 0 Å². The number of aromatic amines is 1. The van der Waals surface area contributed by atoms with Crippen molar-refractivity contribution in [2.45, 2.75) is 56.7 Å². The highest BCUT2D eigenvalue weighted by Gasteiger charge is 2.34. The quantitative estimate of drug-likeness (QED) is 0.0698. The van der Waals surface area contributed by atoms with Crippen LogP contribution in [0.15, 0.2) is 145 Å². The fourth-order valence-corrected chi connectivity index (χ4v) is 10.4. The van der Waals surface area contributed by atoms with Crippen LogP contribution in [0.3, 0.4) is 0 Å². The van der Waals surface area contributed by atoms with Crippen LogP contribution in [-0.2, 0) is 20.8 Å². The predicted molar refractivity (Wildman–Crippen MR) is 297 cm³/mol. The molecule has 4 fully saturated rings. The summed E-state index contributed by atoms with van der Waals surface area (Å²) in [5, 5.41) is 30.4. The number of aromatic nitrogens is 6. The zero-order chi connectivity index (χ0) is 52.8. The Kier molecular flexibility index (Phi) is 15.2. The molecular formula is C56H55BrN12O8. The van der Waals surface area contributed by atoms with Crippen LogP contribution in [0, 0.1) is 20.2 Å². The molecule has 13 rings (SSSR count). The Bertz CT molecular complexity index is 3560. The van der Waals surface area contributed by atoms with Gasteiger partial charge in [0.05, 0.1) is 68.5 Å². The number of nitro benzene ring substituents is 2. The second kappa shape index (κ2) is 23.0. The van der Waals surface area contributed by atoms with Crippen LogP contribution in [-0.4, -0.2) is 127 Å². The number of rotatable bonds is 11. The number of carbonyl (C=O) groups excluding carboxylic acids is 1. The molecule has 4 aliphatic heterocycles. The lowest BCUT2D eigenvalue weighted by atomic mass is 10.1. The average Bonchev–Trinajstić information content (AvgIpc) is 4.10. The van der Waals surface area contributed by atoms with Crippen molar-refractivity contribution < 1.29 is 28.9 Å².